The van der Waals surface area contributed by atoms with Crippen molar-refractivity contribution in [2.45, 2.75) is 43.1 Å². The molecular formula is C20H23N3OS. The van der Waals surface area contributed by atoms with E-state index in [0.717, 1.165) is 34.6 Å². The molecule has 0 aliphatic rings. The SMILES string of the molecule is CCCC(NC(=O)C(C)Sc1nc2ccccc2[nH]1)c1ccccc1. The Morgan fingerprint density at radius 3 is 2.60 bits per heavy atom. The van der Waals surface area contributed by atoms with Crippen molar-refractivity contribution in [3.05, 3.63) is 60.2 Å². The van der Waals surface area contributed by atoms with Crippen LogP contribution in [0, 0.1) is 0 Å². The van der Waals surface area contributed by atoms with E-state index < -0.39 is 0 Å². The van der Waals surface area contributed by atoms with E-state index in [0.29, 0.717) is 0 Å². The molecule has 1 heterocycles. The lowest BCUT2D eigenvalue weighted by Crippen LogP contribution is -2.34. The zero-order chi connectivity index (χ0) is 17.6. The van der Waals surface area contributed by atoms with Gasteiger partial charge in [0.05, 0.1) is 22.3 Å². The summed E-state index contributed by atoms with van der Waals surface area (Å²) in [6.07, 6.45) is 1.95. The summed E-state index contributed by atoms with van der Waals surface area (Å²) in [7, 11) is 0. The first kappa shape index (κ1) is 17.5. The molecule has 2 unspecified atom stereocenters. The number of hydrogen-bond donors (Lipinski definition) is 2. The molecule has 3 aromatic rings. The summed E-state index contributed by atoms with van der Waals surface area (Å²) in [6.45, 7) is 4.05. The number of fused-ring (bicyclic) bond motifs is 1. The molecule has 0 saturated carbocycles. The number of aromatic nitrogens is 2. The van der Waals surface area contributed by atoms with Crippen molar-refractivity contribution in [1.82, 2.24) is 15.3 Å². The average Bonchev–Trinajstić information content (AvgIpc) is 3.04. The van der Waals surface area contributed by atoms with Gasteiger partial charge in [-0.25, -0.2) is 4.98 Å². The highest BCUT2D eigenvalue weighted by Gasteiger charge is 2.20. The molecule has 5 heteroatoms. The number of nitrogens with one attached hydrogen (secondary N) is 2. The average molecular weight is 353 g/mol. The van der Waals surface area contributed by atoms with E-state index in [9.17, 15) is 4.79 Å². The molecule has 2 N–H and O–H groups in total. The molecule has 0 spiro atoms. The number of H-pyrrole nitrogens is 1. The Morgan fingerprint density at radius 2 is 1.88 bits per heavy atom. The molecular weight excluding hydrogens is 330 g/mol. The number of nitrogens with zero attached hydrogens (tertiary/aromatic N) is 1. The van der Waals surface area contributed by atoms with Crippen LogP contribution in [0.2, 0.25) is 0 Å². The zero-order valence-corrected chi connectivity index (χ0v) is 15.3. The van der Waals surface area contributed by atoms with E-state index in [4.69, 9.17) is 0 Å². The van der Waals surface area contributed by atoms with Crippen LogP contribution in [0.4, 0.5) is 0 Å². The van der Waals surface area contributed by atoms with Crippen molar-refractivity contribution >= 4 is 28.7 Å². The molecule has 0 fully saturated rings. The molecule has 130 valence electrons. The number of amides is 1. The van der Waals surface area contributed by atoms with Gasteiger partial charge in [-0.2, -0.15) is 0 Å². The molecule has 4 nitrogen and oxygen atoms in total. The quantitative estimate of drug-likeness (QED) is 0.605. The Kier molecular flexibility index (Phi) is 5.76. The van der Waals surface area contributed by atoms with Gasteiger partial charge >= 0.3 is 0 Å². The van der Waals surface area contributed by atoms with Crippen LogP contribution in [0.5, 0.6) is 0 Å². The number of benzene rings is 2. The van der Waals surface area contributed by atoms with E-state index in [1.54, 1.807) is 0 Å². The fourth-order valence-corrected chi connectivity index (χ4v) is 3.62. The molecule has 0 saturated heterocycles. The van der Waals surface area contributed by atoms with Crippen LogP contribution in [-0.4, -0.2) is 21.1 Å². The van der Waals surface area contributed by atoms with Crippen LogP contribution in [0.3, 0.4) is 0 Å². The second-order valence-corrected chi connectivity index (χ2v) is 7.41. The summed E-state index contributed by atoms with van der Waals surface area (Å²) in [4.78, 5) is 20.4. The van der Waals surface area contributed by atoms with Crippen LogP contribution < -0.4 is 5.32 Å². The molecule has 0 aliphatic carbocycles. The minimum absolute atomic E-state index is 0.0350. The van der Waals surface area contributed by atoms with E-state index in [1.165, 1.54) is 11.8 Å². The molecule has 0 aliphatic heterocycles. The van der Waals surface area contributed by atoms with Gasteiger partial charge in [0.25, 0.3) is 0 Å². The van der Waals surface area contributed by atoms with Crippen LogP contribution >= 0.6 is 11.8 Å². The molecule has 1 aromatic heterocycles. The fraction of sp³-hybridized carbons (Fsp3) is 0.300. The maximum absolute atomic E-state index is 12.6. The van der Waals surface area contributed by atoms with Crippen molar-refractivity contribution in [1.29, 1.82) is 0 Å². The lowest BCUT2D eigenvalue weighted by molar-refractivity contribution is -0.121. The van der Waals surface area contributed by atoms with Crippen molar-refractivity contribution in [2.24, 2.45) is 0 Å². The lowest BCUT2D eigenvalue weighted by atomic mass is 10.0. The maximum Gasteiger partial charge on any atom is 0.233 e. The lowest BCUT2D eigenvalue weighted by Gasteiger charge is -2.20. The van der Waals surface area contributed by atoms with Crippen molar-refractivity contribution in [3.63, 3.8) is 0 Å². The predicted molar refractivity (Wildman–Crippen MR) is 104 cm³/mol. The number of carbonyl (C=O) groups is 1. The highest BCUT2D eigenvalue weighted by Crippen LogP contribution is 2.25. The van der Waals surface area contributed by atoms with Gasteiger partial charge < -0.3 is 10.3 Å². The third kappa shape index (κ3) is 4.42. The summed E-state index contributed by atoms with van der Waals surface area (Å²) in [5.74, 6) is 0.0350. The summed E-state index contributed by atoms with van der Waals surface area (Å²) in [5.41, 5.74) is 3.06. The van der Waals surface area contributed by atoms with Crippen LogP contribution in [0.15, 0.2) is 59.8 Å². The van der Waals surface area contributed by atoms with Gasteiger partial charge in [0.2, 0.25) is 5.91 Å². The minimum Gasteiger partial charge on any atom is -0.348 e. The molecule has 2 atom stereocenters. The standard InChI is InChI=1S/C20H23N3OS/c1-3-9-16(15-10-5-4-6-11-15)21-19(24)14(2)25-20-22-17-12-7-8-13-18(17)23-20/h4-8,10-14,16H,3,9H2,1-2H3,(H,21,24)(H,22,23). The van der Waals surface area contributed by atoms with Gasteiger partial charge in [-0.1, -0.05) is 67.6 Å². The molecule has 1 amide bonds. The number of carbonyl (C=O) groups excluding carboxylic acids is 1. The molecule has 0 radical (unpaired) electrons. The van der Waals surface area contributed by atoms with Gasteiger partial charge in [0.1, 0.15) is 0 Å². The molecule has 25 heavy (non-hydrogen) atoms. The Labute approximate surface area is 152 Å². The summed E-state index contributed by atoms with van der Waals surface area (Å²) < 4.78 is 0. The third-order valence-corrected chi connectivity index (χ3v) is 5.11. The number of para-hydroxylation sites is 2. The van der Waals surface area contributed by atoms with Crippen molar-refractivity contribution in [2.75, 3.05) is 0 Å². The minimum atomic E-state index is -0.219. The summed E-state index contributed by atoms with van der Waals surface area (Å²) in [5, 5.41) is 3.74. The number of hydrogen-bond acceptors (Lipinski definition) is 3. The van der Waals surface area contributed by atoms with Gasteiger partial charge in [-0.3, -0.25) is 4.79 Å². The number of imidazole rings is 1. The van der Waals surface area contributed by atoms with Gasteiger partial charge in [-0.05, 0) is 31.0 Å². The molecule has 0 bridgehead atoms. The maximum atomic E-state index is 12.6. The molecule has 2 aromatic carbocycles. The normalized spacial score (nSPS) is 13.5. The third-order valence-electron chi connectivity index (χ3n) is 4.12. The predicted octanol–water partition coefficient (Wildman–Crippen LogP) is 4.70. The number of thioether (sulfide) groups is 1. The Bertz CT molecular complexity index is 798. The van der Waals surface area contributed by atoms with Gasteiger partial charge in [0, 0.05) is 0 Å². The second-order valence-electron chi connectivity index (χ2n) is 6.08. The monoisotopic (exact) mass is 353 g/mol. The first-order valence-corrected chi connectivity index (χ1v) is 9.52. The van der Waals surface area contributed by atoms with E-state index in [1.807, 2.05) is 49.4 Å². The van der Waals surface area contributed by atoms with Crippen molar-refractivity contribution < 1.29 is 4.79 Å². The first-order valence-electron chi connectivity index (χ1n) is 8.64. The van der Waals surface area contributed by atoms with Crippen LogP contribution in [0.25, 0.3) is 11.0 Å². The van der Waals surface area contributed by atoms with Crippen LogP contribution in [-0.2, 0) is 4.79 Å². The van der Waals surface area contributed by atoms with E-state index in [2.05, 4.69) is 34.3 Å². The van der Waals surface area contributed by atoms with Gasteiger partial charge in [-0.15, -0.1) is 0 Å². The number of aromatic amines is 1. The highest BCUT2D eigenvalue weighted by atomic mass is 32.2. The Hall–Kier alpha value is -2.27. The second kappa shape index (κ2) is 8.21. The first-order chi connectivity index (χ1) is 12.2. The molecule has 3 rings (SSSR count). The summed E-state index contributed by atoms with van der Waals surface area (Å²) in [6, 6.07) is 18.1. The highest BCUT2D eigenvalue weighted by molar-refractivity contribution is 8.00. The Morgan fingerprint density at radius 1 is 1.16 bits per heavy atom. The van der Waals surface area contributed by atoms with Gasteiger partial charge in [0.15, 0.2) is 5.16 Å². The van der Waals surface area contributed by atoms with Crippen LogP contribution in [0.1, 0.15) is 38.3 Å². The fourth-order valence-electron chi connectivity index (χ4n) is 2.79. The Balaban J connectivity index is 1.66. The van der Waals surface area contributed by atoms with Crippen molar-refractivity contribution in [3.8, 4) is 0 Å². The van der Waals surface area contributed by atoms with E-state index in [-0.39, 0.29) is 17.2 Å². The number of rotatable bonds is 7. The largest absolute Gasteiger partial charge is 0.348 e. The summed E-state index contributed by atoms with van der Waals surface area (Å²) >= 11 is 1.45. The smallest absolute Gasteiger partial charge is 0.233 e. The zero-order valence-electron chi connectivity index (χ0n) is 14.5. The topological polar surface area (TPSA) is 57.8 Å². The van der Waals surface area contributed by atoms with E-state index >= 15 is 0 Å².